The van der Waals surface area contributed by atoms with Gasteiger partial charge >= 0.3 is 0 Å². The first kappa shape index (κ1) is 24.8. The zero-order chi connectivity index (χ0) is 24.1. The number of aliphatic hydroxyl groups excluding tert-OH is 1. The Morgan fingerprint density at radius 1 is 1.15 bits per heavy atom. The van der Waals surface area contributed by atoms with E-state index in [1.54, 1.807) is 24.3 Å². The smallest absolute Gasteiger partial charge is 0.295 e. The molecule has 1 aliphatic rings. The second-order valence-corrected chi connectivity index (χ2v) is 9.34. The molecule has 1 fully saturated rings. The van der Waals surface area contributed by atoms with Crippen LogP contribution >= 0.6 is 11.6 Å². The number of benzene rings is 2. The summed E-state index contributed by atoms with van der Waals surface area (Å²) in [6, 6.07) is 13.2. The highest BCUT2D eigenvalue weighted by molar-refractivity contribution is 6.46. The fourth-order valence-electron chi connectivity index (χ4n) is 3.72. The van der Waals surface area contributed by atoms with E-state index in [-0.39, 0.29) is 11.3 Å². The van der Waals surface area contributed by atoms with Gasteiger partial charge in [-0.05, 0) is 68.4 Å². The Kier molecular flexibility index (Phi) is 8.16. The van der Waals surface area contributed by atoms with Crippen molar-refractivity contribution in [2.24, 2.45) is 5.92 Å². The van der Waals surface area contributed by atoms with Gasteiger partial charge in [-0.1, -0.05) is 37.6 Å². The van der Waals surface area contributed by atoms with Crippen molar-refractivity contribution in [2.45, 2.75) is 26.3 Å². The summed E-state index contributed by atoms with van der Waals surface area (Å²) in [5, 5.41) is 11.6. The average Bonchev–Trinajstić information content (AvgIpc) is 3.02. The summed E-state index contributed by atoms with van der Waals surface area (Å²) in [7, 11) is 3.81. The molecule has 0 aromatic heterocycles. The number of carbonyl (C=O) groups excluding carboxylic acids is 2. The van der Waals surface area contributed by atoms with Crippen molar-refractivity contribution in [1.82, 2.24) is 9.80 Å². The molecule has 33 heavy (non-hydrogen) atoms. The van der Waals surface area contributed by atoms with Crippen LogP contribution in [0.2, 0.25) is 5.02 Å². The van der Waals surface area contributed by atoms with Crippen LogP contribution < -0.4 is 4.74 Å². The van der Waals surface area contributed by atoms with Crippen molar-refractivity contribution >= 4 is 29.1 Å². The van der Waals surface area contributed by atoms with Crippen LogP contribution in [0.4, 0.5) is 0 Å². The largest absolute Gasteiger partial charge is 0.507 e. The number of nitrogens with zero attached hydrogens (tertiary/aromatic N) is 2. The Morgan fingerprint density at radius 2 is 1.85 bits per heavy atom. The highest BCUT2D eigenvalue weighted by atomic mass is 35.5. The summed E-state index contributed by atoms with van der Waals surface area (Å²) < 4.78 is 5.91. The molecule has 2 aromatic rings. The lowest BCUT2D eigenvalue weighted by atomic mass is 9.95. The number of hydrogen-bond acceptors (Lipinski definition) is 5. The molecule has 2 aromatic carbocycles. The Bertz CT molecular complexity index is 1030. The predicted molar refractivity (Wildman–Crippen MR) is 130 cm³/mol. The van der Waals surface area contributed by atoms with Gasteiger partial charge in [0.05, 0.1) is 18.2 Å². The summed E-state index contributed by atoms with van der Waals surface area (Å²) in [6.45, 7) is 5.77. The van der Waals surface area contributed by atoms with E-state index >= 15 is 0 Å². The maximum absolute atomic E-state index is 13.1. The van der Waals surface area contributed by atoms with Crippen LogP contribution in [0.15, 0.2) is 54.1 Å². The van der Waals surface area contributed by atoms with Crippen LogP contribution in [0.5, 0.6) is 5.75 Å². The van der Waals surface area contributed by atoms with Gasteiger partial charge in [-0.3, -0.25) is 9.59 Å². The minimum Gasteiger partial charge on any atom is -0.507 e. The number of likely N-dealkylation sites (tertiary alicyclic amines) is 1. The van der Waals surface area contributed by atoms with Gasteiger partial charge < -0.3 is 19.6 Å². The number of ether oxygens (including phenoxy) is 1. The third-order valence-electron chi connectivity index (χ3n) is 5.58. The van der Waals surface area contributed by atoms with Crippen LogP contribution in [0.25, 0.3) is 5.76 Å². The Hall–Kier alpha value is -2.83. The number of rotatable bonds is 9. The molecule has 176 valence electrons. The van der Waals surface area contributed by atoms with Gasteiger partial charge in [-0.15, -0.1) is 0 Å². The molecule has 0 aliphatic carbocycles. The van der Waals surface area contributed by atoms with Crippen molar-refractivity contribution in [3.8, 4) is 5.75 Å². The number of Topliss-reactive ketones (excluding diaryl/α,β-unsaturated/α-hetero) is 1. The molecule has 1 heterocycles. The third-order valence-corrected chi connectivity index (χ3v) is 5.84. The second kappa shape index (κ2) is 10.9. The molecular weight excluding hydrogens is 440 g/mol. The molecule has 0 spiro atoms. The topological polar surface area (TPSA) is 70.1 Å². The number of hydrogen-bond donors (Lipinski definition) is 1. The number of carbonyl (C=O) groups is 2. The summed E-state index contributed by atoms with van der Waals surface area (Å²) in [5.41, 5.74) is 1.21. The number of halogens is 1. The molecule has 1 N–H and O–H groups in total. The zero-order valence-corrected chi connectivity index (χ0v) is 20.3. The normalized spacial score (nSPS) is 17.9. The molecule has 0 radical (unpaired) electrons. The van der Waals surface area contributed by atoms with Gasteiger partial charge in [0, 0.05) is 23.7 Å². The van der Waals surface area contributed by atoms with Crippen LogP contribution in [0.3, 0.4) is 0 Å². The number of likely N-dealkylation sites (N-methyl/N-ethyl adjacent to an activating group) is 1. The molecule has 1 unspecified atom stereocenters. The fourth-order valence-corrected chi connectivity index (χ4v) is 3.84. The Labute approximate surface area is 200 Å². The van der Waals surface area contributed by atoms with Crippen LogP contribution in [-0.2, 0) is 9.59 Å². The second-order valence-electron chi connectivity index (χ2n) is 8.91. The van der Waals surface area contributed by atoms with Crippen LogP contribution in [0.1, 0.15) is 37.4 Å². The fraction of sp³-hybridized carbons (Fsp3) is 0.385. The maximum Gasteiger partial charge on any atom is 0.295 e. The van der Waals surface area contributed by atoms with E-state index in [2.05, 4.69) is 13.8 Å². The van der Waals surface area contributed by atoms with E-state index in [9.17, 15) is 14.7 Å². The van der Waals surface area contributed by atoms with E-state index in [1.165, 1.54) is 4.90 Å². The molecule has 1 saturated heterocycles. The van der Waals surface area contributed by atoms with Gasteiger partial charge in [0.2, 0.25) is 0 Å². The van der Waals surface area contributed by atoms with Gasteiger partial charge in [-0.25, -0.2) is 0 Å². The Morgan fingerprint density at radius 3 is 2.48 bits per heavy atom. The maximum atomic E-state index is 13.1. The first-order valence-corrected chi connectivity index (χ1v) is 11.5. The van der Waals surface area contributed by atoms with Gasteiger partial charge in [0.15, 0.2) is 0 Å². The molecular formula is C26H31ClN2O4. The zero-order valence-electron chi connectivity index (χ0n) is 19.5. The summed E-state index contributed by atoms with van der Waals surface area (Å²) >= 11 is 5.98. The van der Waals surface area contributed by atoms with E-state index in [0.29, 0.717) is 47.5 Å². The lowest BCUT2D eigenvalue weighted by Gasteiger charge is -2.27. The molecule has 3 rings (SSSR count). The predicted octanol–water partition coefficient (Wildman–Crippen LogP) is 4.75. The molecule has 0 saturated carbocycles. The molecule has 6 nitrogen and oxygen atoms in total. The van der Waals surface area contributed by atoms with Crippen molar-refractivity contribution < 1.29 is 19.4 Å². The summed E-state index contributed by atoms with van der Waals surface area (Å²) in [5.74, 6) is -0.349. The third kappa shape index (κ3) is 5.95. The highest BCUT2D eigenvalue weighted by Crippen LogP contribution is 2.40. The molecule has 1 amide bonds. The van der Waals surface area contributed by atoms with E-state index in [4.69, 9.17) is 16.3 Å². The van der Waals surface area contributed by atoms with E-state index in [0.717, 1.165) is 6.42 Å². The quantitative estimate of drug-likeness (QED) is 0.325. The molecule has 1 aliphatic heterocycles. The lowest BCUT2D eigenvalue weighted by molar-refractivity contribution is -0.140. The molecule has 7 heteroatoms. The summed E-state index contributed by atoms with van der Waals surface area (Å²) in [6.07, 6.45) is 0.919. The number of aliphatic hydroxyl groups is 1. The number of ketones is 1. The van der Waals surface area contributed by atoms with E-state index < -0.39 is 17.7 Å². The van der Waals surface area contributed by atoms with Gasteiger partial charge in [-0.2, -0.15) is 0 Å². The van der Waals surface area contributed by atoms with Gasteiger partial charge in [0.1, 0.15) is 11.5 Å². The average molecular weight is 471 g/mol. The molecule has 1 atom stereocenters. The van der Waals surface area contributed by atoms with Crippen molar-refractivity contribution in [1.29, 1.82) is 0 Å². The SMILES string of the molecule is CC(C)CCOc1cccc(C2/C(=C(\O)c3ccc(Cl)cc3)C(=O)C(=O)N2CCN(C)C)c1. The van der Waals surface area contributed by atoms with Crippen molar-refractivity contribution in [2.75, 3.05) is 33.8 Å². The minimum absolute atomic E-state index is 0.0698. The first-order chi connectivity index (χ1) is 15.7. The standard InChI is InChI=1S/C26H31ClN2O4/c1-17(2)12-15-33-21-7-5-6-19(16-21)23-22(24(30)18-8-10-20(27)11-9-18)25(31)26(32)29(23)14-13-28(3)4/h5-11,16-17,23,30H,12-15H2,1-4H3/b24-22+. The van der Waals surface area contributed by atoms with Crippen LogP contribution in [0, 0.1) is 5.92 Å². The number of amides is 1. The summed E-state index contributed by atoms with van der Waals surface area (Å²) in [4.78, 5) is 29.5. The van der Waals surface area contributed by atoms with Crippen molar-refractivity contribution in [3.05, 3.63) is 70.3 Å². The lowest BCUT2D eigenvalue weighted by Crippen LogP contribution is -2.35. The molecule has 0 bridgehead atoms. The Balaban J connectivity index is 2.05. The van der Waals surface area contributed by atoms with Crippen molar-refractivity contribution in [3.63, 3.8) is 0 Å². The monoisotopic (exact) mass is 470 g/mol. The van der Waals surface area contributed by atoms with Gasteiger partial charge in [0.25, 0.3) is 11.7 Å². The first-order valence-electron chi connectivity index (χ1n) is 11.1. The minimum atomic E-state index is -0.714. The highest BCUT2D eigenvalue weighted by Gasteiger charge is 2.46. The van der Waals surface area contributed by atoms with E-state index in [1.807, 2.05) is 43.3 Å². The van der Waals surface area contributed by atoms with Crippen LogP contribution in [-0.4, -0.2) is 60.4 Å².